The van der Waals surface area contributed by atoms with E-state index in [9.17, 15) is 18.0 Å². The number of hydrogen-bond donors (Lipinski definition) is 0. The summed E-state index contributed by atoms with van der Waals surface area (Å²) in [5, 5.41) is 0. The van der Waals surface area contributed by atoms with Crippen molar-refractivity contribution < 1.29 is 22.7 Å². The Kier molecular flexibility index (Phi) is 5.32. The van der Waals surface area contributed by atoms with Crippen LogP contribution in [0, 0.1) is 31.3 Å². The molecule has 0 N–H and O–H groups in total. The summed E-state index contributed by atoms with van der Waals surface area (Å²) < 4.78 is 45.9. The quantitative estimate of drug-likeness (QED) is 0.576. The third-order valence-corrected chi connectivity index (χ3v) is 4.10. The molecular weight excluding hydrogens is 317 g/mol. The topological polar surface area (TPSA) is 26.3 Å². The van der Waals surface area contributed by atoms with Gasteiger partial charge in [0.1, 0.15) is 0 Å². The highest BCUT2D eigenvalue weighted by Gasteiger charge is 2.21. The molecule has 0 aliphatic rings. The predicted molar refractivity (Wildman–Crippen MR) is 86.3 cm³/mol. The van der Waals surface area contributed by atoms with Crippen molar-refractivity contribution in [1.82, 2.24) is 0 Å². The molecule has 2 aromatic carbocycles. The van der Waals surface area contributed by atoms with Crippen LogP contribution in [0.2, 0.25) is 0 Å². The van der Waals surface area contributed by atoms with Crippen LogP contribution < -0.4 is 0 Å². The zero-order valence-corrected chi connectivity index (χ0v) is 14.0. The summed E-state index contributed by atoms with van der Waals surface area (Å²) in [5.74, 6) is -4.81. The van der Waals surface area contributed by atoms with Gasteiger partial charge in [-0.05, 0) is 61.6 Å². The lowest BCUT2D eigenvalue weighted by Crippen LogP contribution is -2.13. The summed E-state index contributed by atoms with van der Waals surface area (Å²) in [6, 6.07) is 6.20. The van der Waals surface area contributed by atoms with Gasteiger partial charge in [0.2, 0.25) is 0 Å². The Morgan fingerprint density at radius 1 is 1.08 bits per heavy atom. The largest absolute Gasteiger partial charge is 0.466 e. The molecule has 0 amide bonds. The van der Waals surface area contributed by atoms with E-state index in [0.717, 1.165) is 11.6 Å². The second kappa shape index (κ2) is 7.07. The molecule has 2 rings (SSSR count). The highest BCUT2D eigenvalue weighted by atomic mass is 19.2. The van der Waals surface area contributed by atoms with E-state index in [0.29, 0.717) is 11.1 Å². The van der Waals surface area contributed by atoms with E-state index in [4.69, 9.17) is 4.74 Å². The molecule has 0 saturated carbocycles. The number of hydrogen-bond acceptors (Lipinski definition) is 2. The first-order valence-corrected chi connectivity index (χ1v) is 7.69. The predicted octanol–water partition coefficient (Wildman–Crippen LogP) is 5.05. The lowest BCUT2D eigenvalue weighted by Gasteiger charge is -2.16. The summed E-state index contributed by atoms with van der Waals surface area (Å²) in [5.41, 5.74) is 2.28. The molecule has 0 spiro atoms. The van der Waals surface area contributed by atoms with E-state index in [1.165, 1.54) is 6.92 Å². The number of aryl methyl sites for hydroxylation is 1. The number of carbonyl (C=O) groups excluding carboxylic acids is 1. The van der Waals surface area contributed by atoms with Gasteiger partial charge < -0.3 is 4.74 Å². The monoisotopic (exact) mass is 336 g/mol. The van der Waals surface area contributed by atoms with Crippen molar-refractivity contribution in [2.45, 2.75) is 33.6 Å². The Hall–Kier alpha value is -2.30. The minimum atomic E-state index is -1.48. The fourth-order valence-electron chi connectivity index (χ4n) is 2.57. The molecule has 2 aromatic rings. The molecule has 0 radical (unpaired) electrons. The smallest absolute Gasteiger partial charge is 0.313 e. The molecular formula is C19H19F3O2. The van der Waals surface area contributed by atoms with Gasteiger partial charge in [0.25, 0.3) is 0 Å². The minimum Gasteiger partial charge on any atom is -0.466 e. The maximum atomic E-state index is 13.9. The number of rotatable bonds is 4. The van der Waals surface area contributed by atoms with Crippen LogP contribution in [0.1, 0.15) is 36.5 Å². The second-order valence-electron chi connectivity index (χ2n) is 5.71. The van der Waals surface area contributed by atoms with Gasteiger partial charge >= 0.3 is 5.97 Å². The van der Waals surface area contributed by atoms with Crippen molar-refractivity contribution in [3.63, 3.8) is 0 Å². The van der Waals surface area contributed by atoms with E-state index >= 15 is 0 Å². The number of carbonyl (C=O) groups is 1. The normalized spacial score (nSPS) is 12.1. The van der Waals surface area contributed by atoms with Crippen LogP contribution in [0.25, 0.3) is 11.1 Å². The lowest BCUT2D eigenvalue weighted by molar-refractivity contribution is -0.144. The molecule has 24 heavy (non-hydrogen) atoms. The first-order valence-electron chi connectivity index (χ1n) is 7.69. The number of benzene rings is 2. The molecule has 1 unspecified atom stereocenters. The van der Waals surface area contributed by atoms with E-state index in [-0.39, 0.29) is 23.7 Å². The number of halogens is 3. The van der Waals surface area contributed by atoms with Gasteiger partial charge in [-0.25, -0.2) is 13.2 Å². The summed E-state index contributed by atoms with van der Waals surface area (Å²) in [4.78, 5) is 11.9. The fourth-order valence-corrected chi connectivity index (χ4v) is 2.57. The van der Waals surface area contributed by atoms with Crippen LogP contribution in [0.5, 0.6) is 0 Å². The average Bonchev–Trinajstić information content (AvgIpc) is 2.56. The summed E-state index contributed by atoms with van der Waals surface area (Å²) in [6.45, 7) is 6.87. The van der Waals surface area contributed by atoms with Crippen LogP contribution in [-0.4, -0.2) is 12.6 Å². The molecule has 0 bridgehead atoms. The van der Waals surface area contributed by atoms with Crippen molar-refractivity contribution in [3.05, 3.63) is 58.4 Å². The van der Waals surface area contributed by atoms with Crippen molar-refractivity contribution in [3.8, 4) is 11.1 Å². The van der Waals surface area contributed by atoms with Crippen LogP contribution >= 0.6 is 0 Å². The maximum absolute atomic E-state index is 13.9. The minimum absolute atomic E-state index is 0.0259. The van der Waals surface area contributed by atoms with Crippen LogP contribution in [0.4, 0.5) is 13.2 Å². The van der Waals surface area contributed by atoms with E-state index < -0.39 is 23.4 Å². The first-order chi connectivity index (χ1) is 11.3. The van der Waals surface area contributed by atoms with Gasteiger partial charge in [-0.2, -0.15) is 0 Å². The standard InChI is InChI=1S/C19H19F3O2/c1-5-24-19(23)11(3)13-7-6-10(2)14(8-13)15-9-16(20)18(22)17(21)12(15)4/h6-9,11H,5H2,1-4H3. The molecule has 0 saturated heterocycles. The van der Waals surface area contributed by atoms with Gasteiger partial charge in [0.05, 0.1) is 12.5 Å². The molecule has 1 atom stereocenters. The average molecular weight is 336 g/mol. The van der Waals surface area contributed by atoms with Crippen LogP contribution in [-0.2, 0) is 9.53 Å². The molecule has 128 valence electrons. The van der Waals surface area contributed by atoms with Gasteiger partial charge in [-0.15, -0.1) is 0 Å². The van der Waals surface area contributed by atoms with Gasteiger partial charge in [-0.3, -0.25) is 4.79 Å². The van der Waals surface area contributed by atoms with Crippen molar-refractivity contribution in [2.24, 2.45) is 0 Å². The van der Waals surface area contributed by atoms with Crippen molar-refractivity contribution in [2.75, 3.05) is 6.61 Å². The summed E-state index contributed by atoms with van der Waals surface area (Å²) in [7, 11) is 0. The van der Waals surface area contributed by atoms with Crippen LogP contribution in [0.3, 0.4) is 0 Å². The van der Waals surface area contributed by atoms with Gasteiger partial charge in [0, 0.05) is 0 Å². The maximum Gasteiger partial charge on any atom is 0.313 e. The first kappa shape index (κ1) is 18.0. The van der Waals surface area contributed by atoms with Gasteiger partial charge in [0.15, 0.2) is 17.5 Å². The van der Waals surface area contributed by atoms with Crippen molar-refractivity contribution in [1.29, 1.82) is 0 Å². The lowest BCUT2D eigenvalue weighted by atomic mass is 9.91. The summed E-state index contributed by atoms with van der Waals surface area (Å²) in [6.07, 6.45) is 0. The molecule has 0 heterocycles. The Morgan fingerprint density at radius 2 is 1.75 bits per heavy atom. The molecule has 0 fully saturated rings. The Bertz CT molecular complexity index is 785. The molecule has 2 nitrogen and oxygen atoms in total. The molecule has 5 heteroatoms. The third kappa shape index (κ3) is 3.30. The molecule has 0 aliphatic carbocycles. The zero-order chi connectivity index (χ0) is 18.0. The molecule has 0 aromatic heterocycles. The highest BCUT2D eigenvalue weighted by molar-refractivity contribution is 5.79. The Balaban J connectivity index is 2.56. The molecule has 0 aliphatic heterocycles. The fraction of sp³-hybridized carbons (Fsp3) is 0.316. The van der Waals surface area contributed by atoms with Gasteiger partial charge in [-0.1, -0.05) is 18.2 Å². The number of esters is 1. The van der Waals surface area contributed by atoms with E-state index in [1.807, 2.05) is 0 Å². The second-order valence-corrected chi connectivity index (χ2v) is 5.71. The van der Waals surface area contributed by atoms with E-state index in [2.05, 4.69) is 0 Å². The zero-order valence-electron chi connectivity index (χ0n) is 14.0. The Labute approximate surface area is 139 Å². The SMILES string of the molecule is CCOC(=O)C(C)c1ccc(C)c(-c2cc(F)c(F)c(F)c2C)c1. The third-order valence-electron chi connectivity index (χ3n) is 4.10. The van der Waals surface area contributed by atoms with Crippen molar-refractivity contribution >= 4 is 5.97 Å². The highest BCUT2D eigenvalue weighted by Crippen LogP contribution is 2.33. The van der Waals surface area contributed by atoms with Crippen LogP contribution in [0.15, 0.2) is 24.3 Å². The Morgan fingerprint density at radius 3 is 2.38 bits per heavy atom. The number of ether oxygens (including phenoxy) is 1. The summed E-state index contributed by atoms with van der Waals surface area (Å²) >= 11 is 0. The van der Waals surface area contributed by atoms with E-state index in [1.54, 1.807) is 39.0 Å².